The quantitative estimate of drug-likeness (QED) is 0.550. The third-order valence-electron chi connectivity index (χ3n) is 2.13. The van der Waals surface area contributed by atoms with Crippen molar-refractivity contribution >= 4 is 21.5 Å². The van der Waals surface area contributed by atoms with Crippen LogP contribution in [0.3, 0.4) is 0 Å². The molecule has 7 nitrogen and oxygen atoms in total. The van der Waals surface area contributed by atoms with Crippen LogP contribution in [-0.4, -0.2) is 18.4 Å². The average Bonchev–Trinajstić information content (AvgIpc) is 2.39. The van der Waals surface area contributed by atoms with Crippen molar-refractivity contribution in [3.8, 4) is 0 Å². The van der Waals surface area contributed by atoms with Gasteiger partial charge in [0.2, 0.25) is 0 Å². The van der Waals surface area contributed by atoms with E-state index in [1.54, 1.807) is 12.1 Å². The number of aromatic nitrogens is 2. The molecule has 4 N–H and O–H groups in total. The Hall–Kier alpha value is -2.19. The normalized spacial score (nSPS) is 10.9. The molecule has 0 unspecified atom stereocenters. The summed E-state index contributed by atoms with van der Waals surface area (Å²) in [5, 5.41) is 0. The van der Waals surface area contributed by atoms with E-state index in [1.165, 1.54) is 30.7 Å². The maximum absolute atomic E-state index is 12.0. The Balaban J connectivity index is 2.25. The van der Waals surface area contributed by atoms with Crippen molar-refractivity contribution in [1.29, 1.82) is 0 Å². The molecule has 8 heteroatoms. The molecule has 2 rings (SSSR count). The maximum atomic E-state index is 12.0. The van der Waals surface area contributed by atoms with Crippen molar-refractivity contribution in [2.75, 3.05) is 10.1 Å². The fraction of sp³-hybridized carbons (Fsp3) is 0. The van der Waals surface area contributed by atoms with Crippen molar-refractivity contribution in [3.05, 3.63) is 42.9 Å². The lowest BCUT2D eigenvalue weighted by Crippen LogP contribution is -2.14. The monoisotopic (exact) mass is 265 g/mol. The molecular formula is C10H11N5O2S. The van der Waals surface area contributed by atoms with Gasteiger partial charge in [0.25, 0.3) is 10.0 Å². The van der Waals surface area contributed by atoms with Gasteiger partial charge in [-0.3, -0.25) is 9.71 Å². The van der Waals surface area contributed by atoms with E-state index < -0.39 is 10.0 Å². The van der Waals surface area contributed by atoms with Gasteiger partial charge in [0, 0.05) is 18.6 Å². The van der Waals surface area contributed by atoms with Crippen LogP contribution in [-0.2, 0) is 10.0 Å². The van der Waals surface area contributed by atoms with Gasteiger partial charge in [0.15, 0.2) is 0 Å². The van der Waals surface area contributed by atoms with Crippen LogP contribution < -0.4 is 16.0 Å². The minimum Gasteiger partial charge on any atom is -0.308 e. The molecule has 0 atom stereocenters. The predicted octanol–water partition coefficient (Wildman–Crippen LogP) is 0.563. The Bertz CT molecular complexity index is 612. The number of rotatable bonds is 4. The molecule has 0 bridgehead atoms. The first kappa shape index (κ1) is 12.3. The SMILES string of the molecule is NNc1ccc(S(=O)(=O)Nc2ccncc2)cn1. The Morgan fingerprint density at radius 3 is 2.39 bits per heavy atom. The lowest BCUT2D eigenvalue weighted by Gasteiger charge is -2.07. The molecule has 94 valence electrons. The van der Waals surface area contributed by atoms with E-state index in [-0.39, 0.29) is 4.90 Å². The van der Waals surface area contributed by atoms with Gasteiger partial charge in [-0.05, 0) is 24.3 Å². The highest BCUT2D eigenvalue weighted by Crippen LogP contribution is 2.15. The molecule has 0 spiro atoms. The number of hydrazine groups is 1. The summed E-state index contributed by atoms with van der Waals surface area (Å²) in [6, 6.07) is 5.99. The van der Waals surface area contributed by atoms with E-state index in [9.17, 15) is 8.42 Å². The van der Waals surface area contributed by atoms with Crippen molar-refractivity contribution in [1.82, 2.24) is 9.97 Å². The van der Waals surface area contributed by atoms with Crippen molar-refractivity contribution in [2.45, 2.75) is 4.90 Å². The first-order valence-corrected chi connectivity index (χ1v) is 6.45. The molecule has 0 radical (unpaired) electrons. The molecule has 2 heterocycles. The van der Waals surface area contributed by atoms with Gasteiger partial charge in [0.05, 0.1) is 5.69 Å². The molecule has 0 aliphatic rings. The number of sulfonamides is 1. The average molecular weight is 265 g/mol. The first-order chi connectivity index (χ1) is 8.62. The van der Waals surface area contributed by atoms with E-state index in [4.69, 9.17) is 5.84 Å². The number of anilines is 2. The lowest BCUT2D eigenvalue weighted by molar-refractivity contribution is 0.601. The highest BCUT2D eigenvalue weighted by molar-refractivity contribution is 7.92. The van der Waals surface area contributed by atoms with Crippen molar-refractivity contribution in [3.63, 3.8) is 0 Å². The second kappa shape index (κ2) is 4.98. The van der Waals surface area contributed by atoms with E-state index in [2.05, 4.69) is 20.1 Å². The van der Waals surface area contributed by atoms with E-state index in [0.717, 1.165) is 0 Å². The van der Waals surface area contributed by atoms with Crippen LogP contribution in [0.15, 0.2) is 47.8 Å². The number of nitrogens with zero attached hydrogens (tertiary/aromatic N) is 2. The van der Waals surface area contributed by atoms with Crippen LogP contribution >= 0.6 is 0 Å². The molecule has 0 aromatic carbocycles. The topological polar surface area (TPSA) is 110 Å². The summed E-state index contributed by atoms with van der Waals surface area (Å²) in [7, 11) is -3.65. The van der Waals surface area contributed by atoms with Crippen LogP contribution in [0.5, 0.6) is 0 Å². The molecule has 2 aromatic rings. The highest BCUT2D eigenvalue weighted by atomic mass is 32.2. The first-order valence-electron chi connectivity index (χ1n) is 4.97. The predicted molar refractivity (Wildman–Crippen MR) is 67.1 cm³/mol. The largest absolute Gasteiger partial charge is 0.308 e. The van der Waals surface area contributed by atoms with Crippen LogP contribution in [0.2, 0.25) is 0 Å². The third kappa shape index (κ3) is 2.73. The Morgan fingerprint density at radius 1 is 1.11 bits per heavy atom. The number of nitrogens with two attached hydrogens (primary N) is 1. The Kier molecular flexibility index (Phi) is 3.40. The van der Waals surface area contributed by atoms with E-state index in [1.807, 2.05) is 0 Å². The van der Waals surface area contributed by atoms with Crippen molar-refractivity contribution in [2.24, 2.45) is 5.84 Å². The summed E-state index contributed by atoms with van der Waals surface area (Å²) < 4.78 is 26.4. The van der Waals surface area contributed by atoms with Crippen LogP contribution in [0, 0.1) is 0 Å². The smallest absolute Gasteiger partial charge is 0.263 e. The zero-order valence-electron chi connectivity index (χ0n) is 9.24. The third-order valence-corrected chi connectivity index (χ3v) is 3.49. The fourth-order valence-electron chi connectivity index (χ4n) is 1.26. The van der Waals surface area contributed by atoms with Gasteiger partial charge in [-0.15, -0.1) is 0 Å². The van der Waals surface area contributed by atoms with Gasteiger partial charge in [0.1, 0.15) is 10.7 Å². The molecule has 2 aromatic heterocycles. The van der Waals surface area contributed by atoms with Gasteiger partial charge in [-0.25, -0.2) is 19.2 Å². The molecule has 18 heavy (non-hydrogen) atoms. The minimum atomic E-state index is -3.65. The number of nitrogens with one attached hydrogen (secondary N) is 2. The van der Waals surface area contributed by atoms with Crippen LogP contribution in [0.1, 0.15) is 0 Å². The summed E-state index contributed by atoms with van der Waals surface area (Å²) in [5.41, 5.74) is 2.76. The van der Waals surface area contributed by atoms with Gasteiger partial charge in [-0.2, -0.15) is 0 Å². The number of nitrogen functional groups attached to an aromatic ring is 1. The van der Waals surface area contributed by atoms with Crippen LogP contribution in [0.4, 0.5) is 11.5 Å². The maximum Gasteiger partial charge on any atom is 0.263 e. The lowest BCUT2D eigenvalue weighted by atomic mass is 10.4. The summed E-state index contributed by atoms with van der Waals surface area (Å²) in [6.45, 7) is 0. The number of hydrogen-bond acceptors (Lipinski definition) is 6. The van der Waals surface area contributed by atoms with Gasteiger partial charge < -0.3 is 5.43 Å². The number of pyridine rings is 2. The fourth-order valence-corrected chi connectivity index (χ4v) is 2.26. The van der Waals surface area contributed by atoms with E-state index in [0.29, 0.717) is 11.5 Å². The Morgan fingerprint density at radius 2 is 1.83 bits per heavy atom. The molecular weight excluding hydrogens is 254 g/mol. The summed E-state index contributed by atoms with van der Waals surface area (Å²) in [6.07, 6.45) is 4.22. The molecule has 0 aliphatic carbocycles. The van der Waals surface area contributed by atoms with E-state index >= 15 is 0 Å². The Labute approximate surface area is 104 Å². The molecule has 0 saturated heterocycles. The summed E-state index contributed by atoms with van der Waals surface area (Å²) >= 11 is 0. The van der Waals surface area contributed by atoms with Gasteiger partial charge >= 0.3 is 0 Å². The zero-order valence-corrected chi connectivity index (χ0v) is 10.1. The second-order valence-corrected chi connectivity index (χ2v) is 5.05. The zero-order chi connectivity index (χ0) is 13.0. The summed E-state index contributed by atoms with van der Waals surface area (Å²) in [5.74, 6) is 5.53. The van der Waals surface area contributed by atoms with Gasteiger partial charge in [-0.1, -0.05) is 0 Å². The van der Waals surface area contributed by atoms with Crippen molar-refractivity contribution < 1.29 is 8.42 Å². The second-order valence-electron chi connectivity index (χ2n) is 3.36. The number of hydrogen-bond donors (Lipinski definition) is 3. The highest BCUT2D eigenvalue weighted by Gasteiger charge is 2.14. The molecule has 0 saturated carbocycles. The molecule has 0 fully saturated rings. The summed E-state index contributed by atoms with van der Waals surface area (Å²) in [4.78, 5) is 7.69. The van der Waals surface area contributed by atoms with Crippen LogP contribution in [0.25, 0.3) is 0 Å². The standard InChI is InChI=1S/C10H11N5O2S/c11-14-10-2-1-9(7-13-10)18(16,17)15-8-3-5-12-6-4-8/h1-7H,11H2,(H,12,15)(H,13,14). The molecule has 0 amide bonds. The minimum absolute atomic E-state index is 0.0540. The molecule has 0 aliphatic heterocycles.